The monoisotopic (exact) mass is 311 g/mol. The van der Waals surface area contributed by atoms with Crippen LogP contribution in [0.25, 0.3) is 0 Å². The Morgan fingerprint density at radius 2 is 1.72 bits per heavy atom. The highest BCUT2D eigenvalue weighted by Gasteiger charge is 2.02. The molecule has 0 aliphatic rings. The van der Waals surface area contributed by atoms with Gasteiger partial charge in [0.2, 0.25) is 0 Å². The molecule has 18 heavy (non-hydrogen) atoms. The maximum atomic E-state index is 13.3. The maximum absolute atomic E-state index is 13.3. The molecule has 0 spiro atoms. The zero-order valence-corrected chi connectivity index (χ0v) is 11.2. The van der Waals surface area contributed by atoms with Crippen LogP contribution < -0.4 is 5.32 Å². The Morgan fingerprint density at radius 1 is 0.944 bits per heavy atom. The molecule has 0 atom stereocenters. The van der Waals surface area contributed by atoms with Gasteiger partial charge in [0.05, 0.1) is 4.47 Å². The number of rotatable bonds is 4. The van der Waals surface area contributed by atoms with Gasteiger partial charge in [-0.15, -0.1) is 0 Å². The first-order chi connectivity index (χ1) is 8.66. The van der Waals surface area contributed by atoms with Gasteiger partial charge in [0.15, 0.2) is 0 Å². The van der Waals surface area contributed by atoms with Crippen LogP contribution in [0.2, 0.25) is 0 Å². The first kappa shape index (κ1) is 13.2. The molecule has 1 nitrogen and oxygen atoms in total. The average Bonchev–Trinajstić information content (AvgIpc) is 2.36. The van der Waals surface area contributed by atoms with E-state index in [0.29, 0.717) is 23.1 Å². The molecule has 0 aliphatic heterocycles. The van der Waals surface area contributed by atoms with E-state index in [1.165, 1.54) is 12.1 Å². The second kappa shape index (κ2) is 6.07. The van der Waals surface area contributed by atoms with Gasteiger partial charge in [0.1, 0.15) is 11.6 Å². The van der Waals surface area contributed by atoms with Crippen molar-refractivity contribution in [1.29, 1.82) is 0 Å². The molecular formula is C14H12BrF2N. The van der Waals surface area contributed by atoms with Crippen LogP contribution in [0, 0.1) is 11.6 Å². The van der Waals surface area contributed by atoms with Crippen molar-refractivity contribution in [3.05, 3.63) is 69.7 Å². The van der Waals surface area contributed by atoms with Crippen LogP contribution in [0.3, 0.4) is 0 Å². The molecule has 0 amide bonds. The van der Waals surface area contributed by atoms with Crippen molar-refractivity contribution in [3.8, 4) is 0 Å². The summed E-state index contributed by atoms with van der Waals surface area (Å²) >= 11 is 3.13. The summed E-state index contributed by atoms with van der Waals surface area (Å²) in [6, 6.07) is 11.5. The van der Waals surface area contributed by atoms with Gasteiger partial charge in [-0.2, -0.15) is 0 Å². The molecule has 4 heteroatoms. The third-order valence-electron chi connectivity index (χ3n) is 2.59. The minimum Gasteiger partial charge on any atom is -0.309 e. The summed E-state index contributed by atoms with van der Waals surface area (Å²) in [6.45, 7) is 1.01. The summed E-state index contributed by atoms with van der Waals surface area (Å²) < 4.78 is 26.8. The van der Waals surface area contributed by atoms with Crippen molar-refractivity contribution >= 4 is 15.9 Å². The minimum atomic E-state index is -0.284. The third-order valence-corrected chi connectivity index (χ3v) is 3.19. The van der Waals surface area contributed by atoms with Crippen LogP contribution in [-0.4, -0.2) is 0 Å². The topological polar surface area (TPSA) is 12.0 Å². The SMILES string of the molecule is Fc1ccc(CNCc2ccccc2F)cc1Br. The summed E-state index contributed by atoms with van der Waals surface area (Å²) in [4.78, 5) is 0. The molecule has 0 aliphatic carbocycles. The second-order valence-electron chi connectivity index (χ2n) is 3.94. The summed E-state index contributed by atoms with van der Waals surface area (Å²) in [7, 11) is 0. The van der Waals surface area contributed by atoms with Crippen molar-refractivity contribution in [1.82, 2.24) is 5.32 Å². The van der Waals surface area contributed by atoms with Crippen molar-refractivity contribution in [3.63, 3.8) is 0 Å². The molecular weight excluding hydrogens is 300 g/mol. The van der Waals surface area contributed by atoms with Crippen LogP contribution in [-0.2, 0) is 13.1 Å². The summed E-state index contributed by atoms with van der Waals surface area (Å²) in [5.74, 6) is -0.502. The lowest BCUT2D eigenvalue weighted by atomic mass is 10.2. The van der Waals surface area contributed by atoms with E-state index in [1.54, 1.807) is 30.3 Å². The molecule has 1 N–H and O–H groups in total. The first-order valence-corrected chi connectivity index (χ1v) is 6.34. The van der Waals surface area contributed by atoms with E-state index in [1.807, 2.05) is 0 Å². The van der Waals surface area contributed by atoms with Crippen molar-refractivity contribution in [2.75, 3.05) is 0 Å². The van der Waals surface area contributed by atoms with Gasteiger partial charge in [-0.3, -0.25) is 0 Å². The summed E-state index contributed by atoms with van der Waals surface area (Å²) in [5, 5.41) is 3.12. The highest BCUT2D eigenvalue weighted by molar-refractivity contribution is 9.10. The molecule has 2 aromatic carbocycles. The van der Waals surface area contributed by atoms with Crippen molar-refractivity contribution in [2.24, 2.45) is 0 Å². The number of hydrogen-bond acceptors (Lipinski definition) is 1. The second-order valence-corrected chi connectivity index (χ2v) is 4.80. The lowest BCUT2D eigenvalue weighted by Crippen LogP contribution is -2.13. The van der Waals surface area contributed by atoms with E-state index in [4.69, 9.17) is 0 Å². The van der Waals surface area contributed by atoms with Crippen LogP contribution >= 0.6 is 15.9 Å². The number of hydrogen-bond donors (Lipinski definition) is 1. The van der Waals surface area contributed by atoms with E-state index in [-0.39, 0.29) is 11.6 Å². The van der Waals surface area contributed by atoms with Crippen LogP contribution in [0.15, 0.2) is 46.9 Å². The van der Waals surface area contributed by atoms with Gasteiger partial charge in [-0.05, 0) is 39.7 Å². The lowest BCUT2D eigenvalue weighted by molar-refractivity contribution is 0.587. The van der Waals surface area contributed by atoms with Gasteiger partial charge in [0.25, 0.3) is 0 Å². The lowest BCUT2D eigenvalue weighted by Gasteiger charge is -2.06. The summed E-state index contributed by atoms with van der Waals surface area (Å²) in [6.07, 6.45) is 0. The molecule has 0 fully saturated rings. The van der Waals surface area contributed by atoms with Crippen molar-refractivity contribution < 1.29 is 8.78 Å². The Labute approximate surface area is 113 Å². The standard InChI is InChI=1S/C14H12BrF2N/c15-12-7-10(5-6-14(12)17)8-18-9-11-3-1-2-4-13(11)16/h1-7,18H,8-9H2. The number of benzene rings is 2. The largest absolute Gasteiger partial charge is 0.309 e. The molecule has 0 saturated carbocycles. The van der Waals surface area contributed by atoms with Crippen LogP contribution in [0.5, 0.6) is 0 Å². The fourth-order valence-electron chi connectivity index (χ4n) is 1.63. The predicted octanol–water partition coefficient (Wildman–Crippen LogP) is 4.02. The Bertz CT molecular complexity index is 543. The molecule has 0 saturated heterocycles. The quantitative estimate of drug-likeness (QED) is 0.899. The van der Waals surface area contributed by atoms with E-state index < -0.39 is 0 Å². The molecule has 2 aromatic rings. The molecule has 94 valence electrons. The van der Waals surface area contributed by atoms with E-state index >= 15 is 0 Å². The molecule has 0 bridgehead atoms. The summed E-state index contributed by atoms with van der Waals surface area (Å²) in [5.41, 5.74) is 1.57. The van der Waals surface area contributed by atoms with E-state index in [2.05, 4.69) is 21.2 Å². The van der Waals surface area contributed by atoms with Gasteiger partial charge < -0.3 is 5.32 Å². The Kier molecular flexibility index (Phi) is 4.44. The Morgan fingerprint density at radius 3 is 2.44 bits per heavy atom. The first-order valence-electron chi connectivity index (χ1n) is 5.55. The average molecular weight is 312 g/mol. The molecule has 0 radical (unpaired) electrons. The maximum Gasteiger partial charge on any atom is 0.137 e. The highest BCUT2D eigenvalue weighted by Crippen LogP contribution is 2.16. The van der Waals surface area contributed by atoms with E-state index in [0.717, 1.165) is 5.56 Å². The Balaban J connectivity index is 1.92. The fourth-order valence-corrected chi connectivity index (χ4v) is 2.06. The Hall–Kier alpha value is -1.26. The molecule has 0 heterocycles. The van der Waals surface area contributed by atoms with Gasteiger partial charge in [-0.1, -0.05) is 24.3 Å². The minimum absolute atomic E-state index is 0.217. The predicted molar refractivity (Wildman–Crippen MR) is 71.0 cm³/mol. The van der Waals surface area contributed by atoms with Crippen LogP contribution in [0.1, 0.15) is 11.1 Å². The van der Waals surface area contributed by atoms with Gasteiger partial charge in [-0.25, -0.2) is 8.78 Å². The number of nitrogens with one attached hydrogen (secondary N) is 1. The fraction of sp³-hybridized carbons (Fsp3) is 0.143. The van der Waals surface area contributed by atoms with Crippen molar-refractivity contribution in [2.45, 2.75) is 13.1 Å². The molecule has 2 rings (SSSR count). The molecule has 0 unspecified atom stereocenters. The van der Waals surface area contributed by atoms with Gasteiger partial charge in [0, 0.05) is 18.7 Å². The smallest absolute Gasteiger partial charge is 0.137 e. The highest BCUT2D eigenvalue weighted by atomic mass is 79.9. The molecule has 0 aromatic heterocycles. The zero-order valence-electron chi connectivity index (χ0n) is 9.59. The van der Waals surface area contributed by atoms with Gasteiger partial charge >= 0.3 is 0 Å². The zero-order chi connectivity index (χ0) is 13.0. The van der Waals surface area contributed by atoms with E-state index in [9.17, 15) is 8.78 Å². The third kappa shape index (κ3) is 3.37. The van der Waals surface area contributed by atoms with Crippen LogP contribution in [0.4, 0.5) is 8.78 Å². The number of halogens is 3. The normalized spacial score (nSPS) is 10.6.